The lowest BCUT2D eigenvalue weighted by Crippen LogP contribution is -2.51. The van der Waals surface area contributed by atoms with Crippen LogP contribution >= 0.6 is 0 Å². The van der Waals surface area contributed by atoms with Crippen molar-refractivity contribution in [1.29, 1.82) is 0 Å². The molecule has 2 amide bonds. The topological polar surface area (TPSA) is 60.9 Å². The van der Waals surface area contributed by atoms with E-state index < -0.39 is 0 Å². The first kappa shape index (κ1) is 17.0. The molecular weight excluding hydrogens is 306 g/mol. The van der Waals surface area contributed by atoms with Crippen molar-refractivity contribution in [3.63, 3.8) is 0 Å². The summed E-state index contributed by atoms with van der Waals surface area (Å²) < 4.78 is 5.36. The van der Waals surface area contributed by atoms with Gasteiger partial charge >= 0.3 is 6.03 Å². The Kier molecular flexibility index (Phi) is 5.52. The van der Waals surface area contributed by atoms with Crippen LogP contribution in [0.25, 0.3) is 0 Å². The Bertz CT molecular complexity index is 542. The Morgan fingerprint density at radius 3 is 2.75 bits per heavy atom. The Hall–Kier alpha value is -1.86. The first-order valence-electron chi connectivity index (χ1n) is 8.64. The van der Waals surface area contributed by atoms with E-state index in [-0.39, 0.29) is 12.1 Å². The summed E-state index contributed by atoms with van der Waals surface area (Å²) in [5.41, 5.74) is 1.02. The molecule has 7 nitrogen and oxygen atoms in total. The molecule has 0 bridgehead atoms. The van der Waals surface area contributed by atoms with Crippen LogP contribution in [0.3, 0.4) is 0 Å². The smallest absolute Gasteiger partial charge is 0.318 e. The van der Waals surface area contributed by atoms with Crippen LogP contribution in [-0.2, 0) is 11.3 Å². The summed E-state index contributed by atoms with van der Waals surface area (Å²) in [7, 11) is 2.14. The van der Waals surface area contributed by atoms with E-state index in [1.807, 2.05) is 30.2 Å². The number of aromatic nitrogens is 1. The van der Waals surface area contributed by atoms with Gasteiger partial charge in [0.25, 0.3) is 0 Å². The number of hydrogen-bond acceptors (Lipinski definition) is 5. The van der Waals surface area contributed by atoms with E-state index in [1.54, 1.807) is 0 Å². The van der Waals surface area contributed by atoms with Crippen LogP contribution in [0.2, 0.25) is 0 Å². The fraction of sp³-hybridized carbons (Fsp3) is 0.647. The number of pyridine rings is 1. The van der Waals surface area contributed by atoms with Gasteiger partial charge in [0.05, 0.1) is 19.3 Å². The van der Waals surface area contributed by atoms with Crippen molar-refractivity contribution in [3.05, 3.63) is 23.9 Å². The van der Waals surface area contributed by atoms with Gasteiger partial charge in [-0.05, 0) is 25.6 Å². The summed E-state index contributed by atoms with van der Waals surface area (Å²) in [6.07, 6.45) is 1.86. The maximum atomic E-state index is 12.3. The number of carbonyl (C=O) groups is 1. The molecule has 0 saturated carbocycles. The molecule has 0 unspecified atom stereocenters. The summed E-state index contributed by atoms with van der Waals surface area (Å²) in [6.45, 7) is 8.52. The molecule has 1 atom stereocenters. The Balaban J connectivity index is 1.50. The average Bonchev–Trinajstić information content (AvgIpc) is 2.61. The van der Waals surface area contributed by atoms with Crippen molar-refractivity contribution in [2.45, 2.75) is 19.5 Å². The van der Waals surface area contributed by atoms with E-state index in [0.29, 0.717) is 26.3 Å². The van der Waals surface area contributed by atoms with Crippen molar-refractivity contribution in [2.75, 3.05) is 57.9 Å². The number of piperazine rings is 1. The monoisotopic (exact) mass is 333 g/mol. The maximum absolute atomic E-state index is 12.3. The van der Waals surface area contributed by atoms with Gasteiger partial charge in [0.2, 0.25) is 0 Å². The molecule has 1 N–H and O–H groups in total. The second kappa shape index (κ2) is 7.81. The molecule has 0 radical (unpaired) electrons. The number of carbonyl (C=O) groups excluding carboxylic acids is 1. The quantitative estimate of drug-likeness (QED) is 0.885. The number of nitrogens with one attached hydrogen (secondary N) is 1. The number of ether oxygens (including phenoxy) is 1. The number of hydrogen-bond donors (Lipinski definition) is 1. The van der Waals surface area contributed by atoms with Crippen molar-refractivity contribution >= 4 is 11.8 Å². The van der Waals surface area contributed by atoms with Crippen molar-refractivity contribution in [1.82, 2.24) is 20.1 Å². The van der Waals surface area contributed by atoms with Gasteiger partial charge in [-0.3, -0.25) is 0 Å². The first-order chi connectivity index (χ1) is 11.6. The third kappa shape index (κ3) is 4.15. The number of morpholine rings is 1. The molecule has 2 saturated heterocycles. The lowest BCUT2D eigenvalue weighted by Gasteiger charge is -2.33. The SMILES string of the molecule is C[C@H]1COCCN1C(=O)NCc1ccc(N2CCN(C)CC2)nc1. The lowest BCUT2D eigenvalue weighted by atomic mass is 10.2. The number of urea groups is 1. The molecular formula is C17H27N5O2. The number of rotatable bonds is 3. The summed E-state index contributed by atoms with van der Waals surface area (Å²) in [5.74, 6) is 1.01. The number of nitrogens with zero attached hydrogens (tertiary/aromatic N) is 4. The average molecular weight is 333 g/mol. The second-order valence-corrected chi connectivity index (χ2v) is 6.59. The molecule has 0 aromatic carbocycles. The number of amides is 2. The Morgan fingerprint density at radius 2 is 2.08 bits per heavy atom. The lowest BCUT2D eigenvalue weighted by molar-refractivity contribution is 0.0190. The van der Waals surface area contributed by atoms with Crippen molar-refractivity contribution < 1.29 is 9.53 Å². The van der Waals surface area contributed by atoms with E-state index in [4.69, 9.17) is 4.74 Å². The summed E-state index contributed by atoms with van der Waals surface area (Å²) in [6, 6.07) is 4.18. The van der Waals surface area contributed by atoms with Crippen LogP contribution in [-0.4, -0.2) is 79.8 Å². The van der Waals surface area contributed by atoms with Gasteiger partial charge in [-0.15, -0.1) is 0 Å². The number of anilines is 1. The largest absolute Gasteiger partial charge is 0.377 e. The third-order valence-corrected chi connectivity index (χ3v) is 4.71. The van der Waals surface area contributed by atoms with Gasteiger partial charge < -0.3 is 24.8 Å². The molecule has 24 heavy (non-hydrogen) atoms. The second-order valence-electron chi connectivity index (χ2n) is 6.59. The van der Waals surface area contributed by atoms with Crippen LogP contribution < -0.4 is 10.2 Å². The normalized spacial score (nSPS) is 22.5. The highest BCUT2D eigenvalue weighted by molar-refractivity contribution is 5.74. The molecule has 3 rings (SSSR count). The Labute approximate surface area is 143 Å². The van der Waals surface area contributed by atoms with Gasteiger partial charge in [0, 0.05) is 45.5 Å². The highest BCUT2D eigenvalue weighted by atomic mass is 16.5. The molecule has 132 valence electrons. The van der Waals surface area contributed by atoms with Crippen LogP contribution in [0.15, 0.2) is 18.3 Å². The zero-order chi connectivity index (χ0) is 16.9. The molecule has 1 aromatic heterocycles. The van der Waals surface area contributed by atoms with Gasteiger partial charge in [-0.1, -0.05) is 6.07 Å². The van der Waals surface area contributed by atoms with Crippen molar-refractivity contribution in [3.8, 4) is 0 Å². The van der Waals surface area contributed by atoms with E-state index in [0.717, 1.165) is 37.6 Å². The summed E-state index contributed by atoms with van der Waals surface area (Å²) >= 11 is 0. The highest BCUT2D eigenvalue weighted by Crippen LogP contribution is 2.14. The molecule has 2 aliphatic heterocycles. The zero-order valence-corrected chi connectivity index (χ0v) is 14.6. The van der Waals surface area contributed by atoms with E-state index in [1.165, 1.54) is 0 Å². The molecule has 0 aliphatic carbocycles. The van der Waals surface area contributed by atoms with Gasteiger partial charge in [-0.2, -0.15) is 0 Å². The summed E-state index contributed by atoms with van der Waals surface area (Å²) in [5, 5.41) is 2.98. The third-order valence-electron chi connectivity index (χ3n) is 4.71. The van der Waals surface area contributed by atoms with Gasteiger partial charge in [0.1, 0.15) is 5.82 Å². The number of likely N-dealkylation sites (N-methyl/N-ethyl adjacent to an activating group) is 1. The molecule has 2 aliphatic rings. The first-order valence-corrected chi connectivity index (χ1v) is 8.64. The highest BCUT2D eigenvalue weighted by Gasteiger charge is 2.23. The van der Waals surface area contributed by atoms with Crippen LogP contribution in [0, 0.1) is 0 Å². The summed E-state index contributed by atoms with van der Waals surface area (Å²) in [4.78, 5) is 23.3. The predicted octanol–water partition coefficient (Wildman–Crippen LogP) is 0.764. The van der Waals surface area contributed by atoms with Crippen LogP contribution in [0.1, 0.15) is 12.5 Å². The molecule has 3 heterocycles. The van der Waals surface area contributed by atoms with E-state index in [9.17, 15) is 4.79 Å². The fourth-order valence-electron chi connectivity index (χ4n) is 3.05. The van der Waals surface area contributed by atoms with E-state index in [2.05, 4.69) is 27.1 Å². The van der Waals surface area contributed by atoms with Crippen LogP contribution in [0.5, 0.6) is 0 Å². The van der Waals surface area contributed by atoms with Gasteiger partial charge in [-0.25, -0.2) is 9.78 Å². The minimum absolute atomic E-state index is 0.0334. The van der Waals surface area contributed by atoms with Gasteiger partial charge in [0.15, 0.2) is 0 Å². The predicted molar refractivity (Wildman–Crippen MR) is 93.2 cm³/mol. The van der Waals surface area contributed by atoms with E-state index >= 15 is 0 Å². The minimum Gasteiger partial charge on any atom is -0.377 e. The zero-order valence-electron chi connectivity index (χ0n) is 14.6. The van der Waals surface area contributed by atoms with Crippen LogP contribution in [0.4, 0.5) is 10.6 Å². The fourth-order valence-corrected chi connectivity index (χ4v) is 3.05. The minimum atomic E-state index is -0.0334. The molecule has 0 spiro atoms. The molecule has 1 aromatic rings. The molecule has 2 fully saturated rings. The Morgan fingerprint density at radius 1 is 1.29 bits per heavy atom. The molecule has 7 heteroatoms. The standard InChI is InChI=1S/C17H27N5O2/c1-14-13-24-10-9-22(14)17(23)19-12-15-3-4-16(18-11-15)21-7-5-20(2)6-8-21/h3-4,11,14H,5-10,12-13H2,1-2H3,(H,19,23)/t14-/m0/s1. The maximum Gasteiger partial charge on any atom is 0.318 e. The van der Waals surface area contributed by atoms with Crippen molar-refractivity contribution in [2.24, 2.45) is 0 Å².